The molecule has 142 valence electrons. The van der Waals surface area contributed by atoms with Crippen LogP contribution in [0.2, 0.25) is 0 Å². The predicted molar refractivity (Wildman–Crippen MR) is 107 cm³/mol. The van der Waals surface area contributed by atoms with Crippen LogP contribution in [-0.2, 0) is 30.5 Å². The molecule has 0 saturated heterocycles. The van der Waals surface area contributed by atoms with Crippen LogP contribution in [0.4, 0.5) is 5.95 Å². The summed E-state index contributed by atoms with van der Waals surface area (Å²) in [7, 11) is 0. The predicted octanol–water partition coefficient (Wildman–Crippen LogP) is 3.70. The number of rotatable bonds is 7. The van der Waals surface area contributed by atoms with Crippen molar-refractivity contribution >= 4 is 5.95 Å². The Bertz CT molecular complexity index is 795. The first kappa shape index (κ1) is 17.8. The number of benzene rings is 1. The van der Waals surface area contributed by atoms with Gasteiger partial charge in [0, 0.05) is 37.3 Å². The van der Waals surface area contributed by atoms with E-state index in [4.69, 9.17) is 9.72 Å². The van der Waals surface area contributed by atoms with E-state index in [9.17, 15) is 0 Å². The first-order valence-electron chi connectivity index (χ1n) is 9.97. The first-order valence-corrected chi connectivity index (χ1v) is 9.97. The Balaban J connectivity index is 1.36. The molecule has 0 amide bonds. The van der Waals surface area contributed by atoms with E-state index in [1.165, 1.54) is 16.7 Å². The molecule has 0 fully saturated rings. The van der Waals surface area contributed by atoms with E-state index >= 15 is 0 Å². The van der Waals surface area contributed by atoms with Gasteiger partial charge < -0.3 is 15.0 Å². The zero-order valence-electron chi connectivity index (χ0n) is 16.1. The fourth-order valence-electron chi connectivity index (χ4n) is 3.87. The molecular weight excluding hydrogens is 336 g/mol. The Hall–Kier alpha value is -2.56. The lowest BCUT2D eigenvalue weighted by molar-refractivity contribution is 0.103. The average Bonchev–Trinajstić information content (AvgIpc) is 3.10. The molecule has 27 heavy (non-hydrogen) atoms. The minimum atomic E-state index is 0.382. The molecule has 0 bridgehead atoms. The van der Waals surface area contributed by atoms with Crippen molar-refractivity contribution in [2.24, 2.45) is 0 Å². The molecule has 1 aliphatic heterocycles. The largest absolute Gasteiger partial charge is 0.479 e. The third-order valence-electron chi connectivity index (χ3n) is 5.44. The molecule has 1 N–H and O–H groups in total. The van der Waals surface area contributed by atoms with Crippen molar-refractivity contribution in [3.05, 3.63) is 65.3 Å². The van der Waals surface area contributed by atoms with Gasteiger partial charge in [0.1, 0.15) is 0 Å². The second kappa shape index (κ2) is 7.99. The number of hydrogen-bond donors (Lipinski definition) is 1. The zero-order chi connectivity index (χ0) is 18.6. The Morgan fingerprint density at radius 1 is 1.26 bits per heavy atom. The Morgan fingerprint density at radius 2 is 2.04 bits per heavy atom. The van der Waals surface area contributed by atoms with E-state index in [0.717, 1.165) is 69.3 Å². The van der Waals surface area contributed by atoms with Gasteiger partial charge in [-0.1, -0.05) is 37.6 Å². The van der Waals surface area contributed by atoms with Crippen LogP contribution in [0.5, 0.6) is 0 Å². The summed E-state index contributed by atoms with van der Waals surface area (Å²) in [5.74, 6) is 1.51. The highest BCUT2D eigenvalue weighted by Crippen LogP contribution is 2.25. The quantitative estimate of drug-likeness (QED) is 0.600. The summed E-state index contributed by atoms with van der Waals surface area (Å²) in [4.78, 5) is 11.5. The van der Waals surface area contributed by atoms with Gasteiger partial charge in [-0.15, -0.1) is 0 Å². The molecule has 0 saturated carbocycles. The number of fused-ring (bicyclic) bond motifs is 2. The Labute approximate surface area is 161 Å². The number of unbranched alkanes of at least 4 members (excludes halogenated alkanes) is 1. The summed E-state index contributed by atoms with van der Waals surface area (Å²) < 4.78 is 5.76. The molecule has 2 heterocycles. The topological polar surface area (TPSA) is 50.3 Å². The van der Waals surface area contributed by atoms with E-state index in [-0.39, 0.29) is 0 Å². The van der Waals surface area contributed by atoms with Crippen molar-refractivity contribution in [1.82, 2.24) is 14.9 Å². The third-order valence-corrected chi connectivity index (χ3v) is 5.44. The second-order valence-corrected chi connectivity index (χ2v) is 7.45. The van der Waals surface area contributed by atoms with Gasteiger partial charge in [-0.2, -0.15) is 0 Å². The molecule has 2 aliphatic rings. The number of nitrogens with zero attached hydrogens (tertiary/aromatic N) is 3. The van der Waals surface area contributed by atoms with Crippen LogP contribution in [0.3, 0.4) is 0 Å². The molecule has 1 aliphatic carbocycles. The lowest BCUT2D eigenvalue weighted by atomic mass is 10.1. The second-order valence-electron chi connectivity index (χ2n) is 7.45. The molecule has 2 aromatic rings. The van der Waals surface area contributed by atoms with Gasteiger partial charge in [0.15, 0.2) is 5.88 Å². The van der Waals surface area contributed by atoms with Crippen LogP contribution in [0.15, 0.2) is 42.9 Å². The van der Waals surface area contributed by atoms with Crippen LogP contribution in [-0.4, -0.2) is 34.1 Å². The summed E-state index contributed by atoms with van der Waals surface area (Å²) in [6, 6.07) is 9.04. The summed E-state index contributed by atoms with van der Waals surface area (Å²) in [5.41, 5.74) is 5.18. The minimum absolute atomic E-state index is 0.382. The van der Waals surface area contributed by atoms with Crippen LogP contribution in [0.1, 0.15) is 42.1 Å². The number of aromatic nitrogens is 2. The smallest absolute Gasteiger partial charge is 0.223 e. The molecule has 0 spiro atoms. The van der Waals surface area contributed by atoms with Gasteiger partial charge >= 0.3 is 0 Å². The van der Waals surface area contributed by atoms with Crippen molar-refractivity contribution in [3.8, 4) is 0 Å². The van der Waals surface area contributed by atoms with Crippen molar-refractivity contribution < 1.29 is 4.74 Å². The molecule has 5 heteroatoms. The maximum atomic E-state index is 5.76. The Morgan fingerprint density at radius 3 is 2.78 bits per heavy atom. The Kier molecular flexibility index (Phi) is 5.28. The van der Waals surface area contributed by atoms with Crippen LogP contribution in [0.25, 0.3) is 0 Å². The van der Waals surface area contributed by atoms with Crippen molar-refractivity contribution in [1.29, 1.82) is 0 Å². The maximum Gasteiger partial charge on any atom is 0.223 e. The zero-order valence-corrected chi connectivity index (χ0v) is 16.1. The summed E-state index contributed by atoms with van der Waals surface area (Å²) in [6.45, 7) is 8.65. The maximum absolute atomic E-state index is 5.76. The van der Waals surface area contributed by atoms with Gasteiger partial charge in [0.2, 0.25) is 5.95 Å². The van der Waals surface area contributed by atoms with Crippen molar-refractivity contribution in [2.75, 3.05) is 18.5 Å². The summed E-state index contributed by atoms with van der Waals surface area (Å²) in [6.07, 6.45) is 7.13. The van der Waals surface area contributed by atoms with Crippen LogP contribution >= 0.6 is 0 Å². The standard InChI is InChI=1S/C22H28N4O/c1-3-4-11-27-16(2)26-10-9-21-19(15-26)14-23-22(25-21)24-20-12-17-7-5-6-8-18(17)13-20/h5-8,14,20H,2-4,9-13,15H2,1H3,(H,23,24,25). The first-order chi connectivity index (χ1) is 13.2. The number of anilines is 1. The molecule has 0 radical (unpaired) electrons. The van der Waals surface area contributed by atoms with Crippen LogP contribution in [0, 0.1) is 0 Å². The molecule has 0 unspecified atom stereocenters. The highest BCUT2D eigenvalue weighted by molar-refractivity contribution is 5.39. The van der Waals surface area contributed by atoms with Gasteiger partial charge in [0.05, 0.1) is 12.3 Å². The lowest BCUT2D eigenvalue weighted by Crippen LogP contribution is -2.32. The third kappa shape index (κ3) is 4.07. The minimum Gasteiger partial charge on any atom is -0.479 e. The molecule has 1 aromatic heterocycles. The fourth-order valence-corrected chi connectivity index (χ4v) is 3.87. The normalized spacial score (nSPS) is 16.0. The lowest BCUT2D eigenvalue weighted by Gasteiger charge is -2.31. The fraction of sp³-hybridized carbons (Fsp3) is 0.455. The molecular formula is C22H28N4O. The molecule has 4 rings (SSSR count). The highest BCUT2D eigenvalue weighted by Gasteiger charge is 2.23. The van der Waals surface area contributed by atoms with Gasteiger partial charge in [-0.05, 0) is 37.0 Å². The van der Waals surface area contributed by atoms with E-state index in [2.05, 4.69) is 53.0 Å². The SMILES string of the molecule is C=C(OCCCC)N1CCc2nc(NC3Cc4ccccc4C3)ncc2C1. The summed E-state index contributed by atoms with van der Waals surface area (Å²) >= 11 is 0. The van der Waals surface area contributed by atoms with Crippen LogP contribution < -0.4 is 5.32 Å². The van der Waals surface area contributed by atoms with Gasteiger partial charge in [-0.25, -0.2) is 9.97 Å². The van der Waals surface area contributed by atoms with Crippen molar-refractivity contribution in [3.63, 3.8) is 0 Å². The van der Waals surface area contributed by atoms with E-state index < -0.39 is 0 Å². The van der Waals surface area contributed by atoms with Gasteiger partial charge in [-0.3, -0.25) is 0 Å². The highest BCUT2D eigenvalue weighted by atomic mass is 16.5. The van der Waals surface area contributed by atoms with E-state index in [1.807, 2.05) is 6.20 Å². The van der Waals surface area contributed by atoms with E-state index in [0.29, 0.717) is 6.04 Å². The van der Waals surface area contributed by atoms with E-state index in [1.54, 1.807) is 0 Å². The summed E-state index contributed by atoms with van der Waals surface area (Å²) in [5, 5.41) is 3.53. The number of hydrogen-bond acceptors (Lipinski definition) is 5. The molecule has 1 aromatic carbocycles. The monoisotopic (exact) mass is 364 g/mol. The number of ether oxygens (including phenoxy) is 1. The van der Waals surface area contributed by atoms with Gasteiger partial charge in [0.25, 0.3) is 0 Å². The molecule has 0 atom stereocenters. The molecule has 5 nitrogen and oxygen atoms in total. The average molecular weight is 364 g/mol. The van der Waals surface area contributed by atoms with Crippen molar-refractivity contribution in [2.45, 2.75) is 51.6 Å². The number of nitrogens with one attached hydrogen (secondary N) is 1.